The predicted octanol–water partition coefficient (Wildman–Crippen LogP) is 2.02. The summed E-state index contributed by atoms with van der Waals surface area (Å²) in [7, 11) is 0. The molecule has 0 fully saturated rings. The van der Waals surface area contributed by atoms with Gasteiger partial charge in [-0.15, -0.1) is 0 Å². The van der Waals surface area contributed by atoms with Gasteiger partial charge in [0.15, 0.2) is 11.5 Å². The highest BCUT2D eigenvalue weighted by molar-refractivity contribution is 5.87. The third-order valence-corrected chi connectivity index (χ3v) is 2.31. The maximum absolute atomic E-state index is 10.8. The van der Waals surface area contributed by atoms with Crippen LogP contribution in [0.4, 0.5) is 0 Å². The average Bonchev–Trinajstić information content (AvgIpc) is 2.54. The van der Waals surface area contributed by atoms with E-state index in [1.165, 1.54) is 16.8 Å². The maximum Gasteiger partial charge on any atom is 0.337 e. The van der Waals surface area contributed by atoms with Crippen LogP contribution in [0.3, 0.4) is 0 Å². The molecule has 1 N–H and O–H groups in total. The summed E-state index contributed by atoms with van der Waals surface area (Å²) in [6.07, 6.45) is 2.24. The Labute approximate surface area is 99.1 Å². The summed E-state index contributed by atoms with van der Waals surface area (Å²) in [4.78, 5) is 15.2. The first kappa shape index (κ1) is 11.6. The van der Waals surface area contributed by atoms with Crippen LogP contribution in [0.15, 0.2) is 18.3 Å². The second-order valence-electron chi connectivity index (χ2n) is 5.29. The highest BCUT2D eigenvalue weighted by Gasteiger charge is 2.15. The molecule has 90 valence electrons. The van der Waals surface area contributed by atoms with Crippen LogP contribution in [0.5, 0.6) is 0 Å². The van der Waals surface area contributed by atoms with Gasteiger partial charge in [0.25, 0.3) is 0 Å². The standard InChI is InChI=1S/C12H15N3O2/c1-12(2,3)6-9-13-10-5-4-8(11(16)17)7-15(10)14-9/h4-5,7H,6H2,1-3H3,(H,16,17). The third-order valence-electron chi connectivity index (χ3n) is 2.31. The summed E-state index contributed by atoms with van der Waals surface area (Å²) in [6.45, 7) is 6.34. The molecule has 2 rings (SSSR count). The van der Waals surface area contributed by atoms with Gasteiger partial charge in [-0.1, -0.05) is 20.8 Å². The zero-order chi connectivity index (χ0) is 12.6. The molecule has 17 heavy (non-hydrogen) atoms. The molecule has 2 heterocycles. The zero-order valence-electron chi connectivity index (χ0n) is 10.1. The van der Waals surface area contributed by atoms with E-state index in [0.717, 1.165) is 12.2 Å². The second kappa shape index (κ2) is 3.84. The lowest BCUT2D eigenvalue weighted by Crippen LogP contribution is -2.10. The molecule has 0 aliphatic heterocycles. The zero-order valence-corrected chi connectivity index (χ0v) is 10.1. The Hall–Kier alpha value is -1.91. The molecule has 5 heteroatoms. The monoisotopic (exact) mass is 233 g/mol. The number of hydrogen-bond donors (Lipinski definition) is 1. The lowest BCUT2D eigenvalue weighted by atomic mass is 9.92. The lowest BCUT2D eigenvalue weighted by Gasteiger charge is -2.14. The number of carboxylic acid groups (broad SMARTS) is 1. The molecule has 0 spiro atoms. The molecule has 0 amide bonds. The van der Waals surface area contributed by atoms with E-state index in [4.69, 9.17) is 5.11 Å². The van der Waals surface area contributed by atoms with Gasteiger partial charge in [-0.25, -0.2) is 14.3 Å². The first-order valence-electron chi connectivity index (χ1n) is 5.44. The summed E-state index contributed by atoms with van der Waals surface area (Å²) in [6, 6.07) is 3.20. The number of nitrogens with zero attached hydrogens (tertiary/aromatic N) is 3. The minimum atomic E-state index is -0.959. The number of carbonyl (C=O) groups is 1. The molecule has 0 aromatic carbocycles. The Morgan fingerprint density at radius 2 is 2.12 bits per heavy atom. The highest BCUT2D eigenvalue weighted by atomic mass is 16.4. The number of aromatic carboxylic acids is 1. The molecule has 0 saturated heterocycles. The van der Waals surface area contributed by atoms with Gasteiger partial charge < -0.3 is 5.11 Å². The van der Waals surface area contributed by atoms with E-state index in [2.05, 4.69) is 30.9 Å². The van der Waals surface area contributed by atoms with Gasteiger partial charge in [-0.2, -0.15) is 5.10 Å². The van der Waals surface area contributed by atoms with Gasteiger partial charge in [-0.3, -0.25) is 0 Å². The number of carboxylic acids is 1. The maximum atomic E-state index is 10.8. The van der Waals surface area contributed by atoms with Crippen LogP contribution in [0.1, 0.15) is 37.0 Å². The summed E-state index contributed by atoms with van der Waals surface area (Å²) in [5.74, 6) is -0.222. The van der Waals surface area contributed by atoms with E-state index < -0.39 is 5.97 Å². The van der Waals surface area contributed by atoms with Gasteiger partial charge in [0, 0.05) is 12.6 Å². The molecule has 2 aromatic rings. The van der Waals surface area contributed by atoms with Crippen molar-refractivity contribution in [2.75, 3.05) is 0 Å². The predicted molar refractivity (Wildman–Crippen MR) is 63.1 cm³/mol. The van der Waals surface area contributed by atoms with E-state index in [1.54, 1.807) is 6.07 Å². The van der Waals surface area contributed by atoms with Crippen LogP contribution in [-0.4, -0.2) is 25.7 Å². The van der Waals surface area contributed by atoms with Crippen LogP contribution in [0, 0.1) is 5.41 Å². The molecular formula is C12H15N3O2. The Morgan fingerprint density at radius 3 is 2.71 bits per heavy atom. The fourth-order valence-electron chi connectivity index (χ4n) is 1.60. The molecule has 0 saturated carbocycles. The summed E-state index contributed by atoms with van der Waals surface area (Å²) >= 11 is 0. The van der Waals surface area contributed by atoms with E-state index in [9.17, 15) is 4.79 Å². The van der Waals surface area contributed by atoms with Crippen molar-refractivity contribution < 1.29 is 9.90 Å². The van der Waals surface area contributed by atoms with E-state index in [0.29, 0.717) is 5.65 Å². The number of hydrogen-bond acceptors (Lipinski definition) is 3. The highest BCUT2D eigenvalue weighted by Crippen LogP contribution is 2.18. The van der Waals surface area contributed by atoms with Crippen molar-refractivity contribution in [2.45, 2.75) is 27.2 Å². The molecule has 2 aromatic heterocycles. The number of rotatable bonds is 2. The summed E-state index contributed by atoms with van der Waals surface area (Å²) in [5, 5.41) is 13.2. The molecule has 0 atom stereocenters. The molecule has 0 bridgehead atoms. The SMILES string of the molecule is CC(C)(C)Cc1nc2ccc(C(=O)O)cn2n1. The largest absolute Gasteiger partial charge is 0.478 e. The topological polar surface area (TPSA) is 67.5 Å². The van der Waals surface area contributed by atoms with Gasteiger partial charge in [-0.05, 0) is 17.5 Å². The Balaban J connectivity index is 2.40. The van der Waals surface area contributed by atoms with Crippen molar-refractivity contribution in [1.29, 1.82) is 0 Å². The number of pyridine rings is 1. The summed E-state index contributed by atoms with van der Waals surface area (Å²) < 4.78 is 1.52. The second-order valence-corrected chi connectivity index (χ2v) is 5.29. The van der Waals surface area contributed by atoms with E-state index >= 15 is 0 Å². The van der Waals surface area contributed by atoms with E-state index in [-0.39, 0.29) is 11.0 Å². The fourth-order valence-corrected chi connectivity index (χ4v) is 1.60. The van der Waals surface area contributed by atoms with Crippen molar-refractivity contribution in [3.05, 3.63) is 29.7 Å². The first-order valence-corrected chi connectivity index (χ1v) is 5.44. The van der Waals surface area contributed by atoms with Gasteiger partial charge in [0.2, 0.25) is 0 Å². The van der Waals surface area contributed by atoms with Crippen molar-refractivity contribution in [1.82, 2.24) is 14.6 Å². The number of aromatic nitrogens is 3. The lowest BCUT2D eigenvalue weighted by molar-refractivity contribution is 0.0696. The smallest absolute Gasteiger partial charge is 0.337 e. The van der Waals surface area contributed by atoms with Crippen molar-refractivity contribution in [2.24, 2.45) is 5.41 Å². The van der Waals surface area contributed by atoms with Crippen molar-refractivity contribution in [3.8, 4) is 0 Å². The Morgan fingerprint density at radius 1 is 1.41 bits per heavy atom. The van der Waals surface area contributed by atoms with Gasteiger partial charge in [0.05, 0.1) is 5.56 Å². The van der Waals surface area contributed by atoms with Crippen LogP contribution >= 0.6 is 0 Å². The minimum absolute atomic E-state index is 0.112. The molecular weight excluding hydrogens is 218 g/mol. The van der Waals surface area contributed by atoms with Crippen molar-refractivity contribution >= 4 is 11.6 Å². The van der Waals surface area contributed by atoms with Crippen LogP contribution in [0.25, 0.3) is 5.65 Å². The normalized spacial score (nSPS) is 11.9. The van der Waals surface area contributed by atoms with Gasteiger partial charge >= 0.3 is 5.97 Å². The van der Waals surface area contributed by atoms with Crippen LogP contribution in [0.2, 0.25) is 0 Å². The molecule has 0 radical (unpaired) electrons. The molecule has 0 aliphatic rings. The number of fused-ring (bicyclic) bond motifs is 1. The fraction of sp³-hybridized carbons (Fsp3) is 0.417. The van der Waals surface area contributed by atoms with Crippen LogP contribution in [-0.2, 0) is 6.42 Å². The Bertz CT molecular complexity index is 567. The third kappa shape index (κ3) is 2.61. The summed E-state index contributed by atoms with van der Waals surface area (Å²) in [5.41, 5.74) is 1.000. The van der Waals surface area contributed by atoms with E-state index in [1.807, 2.05) is 0 Å². The quantitative estimate of drug-likeness (QED) is 0.861. The van der Waals surface area contributed by atoms with Gasteiger partial charge in [0.1, 0.15) is 0 Å². The average molecular weight is 233 g/mol. The van der Waals surface area contributed by atoms with Crippen molar-refractivity contribution in [3.63, 3.8) is 0 Å². The van der Waals surface area contributed by atoms with Crippen LogP contribution < -0.4 is 0 Å². The minimum Gasteiger partial charge on any atom is -0.478 e. The Kier molecular flexibility index (Phi) is 2.61. The molecule has 0 unspecified atom stereocenters. The molecule has 5 nitrogen and oxygen atoms in total. The molecule has 0 aliphatic carbocycles. The first-order chi connectivity index (χ1) is 7.85.